The van der Waals surface area contributed by atoms with Gasteiger partial charge in [0, 0.05) is 24.7 Å². The summed E-state index contributed by atoms with van der Waals surface area (Å²) >= 11 is 0. The summed E-state index contributed by atoms with van der Waals surface area (Å²) in [5.41, 5.74) is -0.129. The second-order valence-electron chi connectivity index (χ2n) is 6.25. The van der Waals surface area contributed by atoms with Crippen molar-refractivity contribution in [3.8, 4) is 0 Å². The van der Waals surface area contributed by atoms with Crippen molar-refractivity contribution in [2.24, 2.45) is 17.3 Å². The van der Waals surface area contributed by atoms with E-state index in [0.29, 0.717) is 24.4 Å². The van der Waals surface area contributed by atoms with E-state index in [4.69, 9.17) is 0 Å². The van der Waals surface area contributed by atoms with Gasteiger partial charge in [0.05, 0.1) is 0 Å². The summed E-state index contributed by atoms with van der Waals surface area (Å²) in [6.07, 6.45) is 6.42. The zero-order valence-electron chi connectivity index (χ0n) is 14.4. The van der Waals surface area contributed by atoms with Gasteiger partial charge in [0.15, 0.2) is 0 Å². The Morgan fingerprint density at radius 1 is 0.950 bits per heavy atom. The second-order valence-corrected chi connectivity index (χ2v) is 6.25. The molecule has 1 aliphatic rings. The largest absolute Gasteiger partial charge is 0.299 e. The van der Waals surface area contributed by atoms with Gasteiger partial charge in [-0.15, -0.1) is 0 Å². The van der Waals surface area contributed by atoms with E-state index in [0.717, 1.165) is 32.1 Å². The van der Waals surface area contributed by atoms with Gasteiger partial charge < -0.3 is 0 Å². The first-order chi connectivity index (χ1) is 9.45. The summed E-state index contributed by atoms with van der Waals surface area (Å²) in [6, 6.07) is 0. The highest BCUT2D eigenvalue weighted by atomic mass is 16.1. The van der Waals surface area contributed by atoms with Crippen LogP contribution >= 0.6 is 0 Å². The SMILES string of the molecule is CC.CCCCCC(=O)C1CCC(C(=O)CC)C1(C)C. The molecule has 0 aliphatic heterocycles. The molecule has 2 unspecified atom stereocenters. The fourth-order valence-corrected chi connectivity index (χ4v) is 3.44. The van der Waals surface area contributed by atoms with Crippen molar-refractivity contribution < 1.29 is 9.59 Å². The van der Waals surface area contributed by atoms with Gasteiger partial charge in [0.1, 0.15) is 11.6 Å². The molecule has 0 saturated heterocycles. The molecule has 20 heavy (non-hydrogen) atoms. The Morgan fingerprint density at radius 3 is 1.90 bits per heavy atom. The summed E-state index contributed by atoms with van der Waals surface area (Å²) in [5.74, 6) is 0.932. The average Bonchev–Trinajstić information content (AvgIpc) is 2.75. The smallest absolute Gasteiger partial charge is 0.136 e. The third-order valence-corrected chi connectivity index (χ3v) is 4.69. The Morgan fingerprint density at radius 2 is 1.45 bits per heavy atom. The van der Waals surface area contributed by atoms with E-state index in [1.165, 1.54) is 0 Å². The summed E-state index contributed by atoms with van der Waals surface area (Å²) in [6.45, 7) is 12.3. The normalized spacial score (nSPS) is 23.9. The molecule has 0 N–H and O–H groups in total. The van der Waals surface area contributed by atoms with Gasteiger partial charge in [-0.1, -0.05) is 54.4 Å². The molecule has 0 heterocycles. The van der Waals surface area contributed by atoms with Crippen LogP contribution in [-0.4, -0.2) is 11.6 Å². The molecule has 0 aromatic heterocycles. The summed E-state index contributed by atoms with van der Waals surface area (Å²) in [7, 11) is 0. The predicted octanol–water partition coefficient (Wildman–Crippen LogP) is 5.19. The quantitative estimate of drug-likeness (QED) is 0.602. The number of carbonyl (C=O) groups is 2. The maximum absolute atomic E-state index is 12.3. The van der Waals surface area contributed by atoms with Crippen molar-refractivity contribution in [3.05, 3.63) is 0 Å². The van der Waals surface area contributed by atoms with Gasteiger partial charge in [0.2, 0.25) is 0 Å². The molecule has 1 rings (SSSR count). The van der Waals surface area contributed by atoms with Crippen LogP contribution in [0.3, 0.4) is 0 Å². The molecule has 0 aromatic rings. The van der Waals surface area contributed by atoms with Crippen LogP contribution in [0.25, 0.3) is 0 Å². The molecule has 2 heteroatoms. The summed E-state index contributed by atoms with van der Waals surface area (Å²) in [5, 5.41) is 0. The topological polar surface area (TPSA) is 34.1 Å². The number of hydrogen-bond acceptors (Lipinski definition) is 2. The fourth-order valence-electron chi connectivity index (χ4n) is 3.44. The van der Waals surface area contributed by atoms with E-state index in [1.54, 1.807) is 0 Å². The van der Waals surface area contributed by atoms with Crippen LogP contribution < -0.4 is 0 Å². The Balaban J connectivity index is 0.00000172. The minimum absolute atomic E-state index is 0.0997. The van der Waals surface area contributed by atoms with Gasteiger partial charge in [-0.3, -0.25) is 9.59 Å². The van der Waals surface area contributed by atoms with Crippen LogP contribution in [-0.2, 0) is 9.59 Å². The highest BCUT2D eigenvalue weighted by Crippen LogP contribution is 2.49. The Labute approximate surface area is 125 Å². The minimum Gasteiger partial charge on any atom is -0.299 e. The Kier molecular flexibility index (Phi) is 9.00. The Hall–Kier alpha value is -0.660. The molecule has 1 saturated carbocycles. The van der Waals surface area contributed by atoms with E-state index >= 15 is 0 Å². The maximum Gasteiger partial charge on any atom is 0.136 e. The molecule has 2 nitrogen and oxygen atoms in total. The highest BCUT2D eigenvalue weighted by Gasteiger charge is 2.48. The molecular formula is C18H34O2. The van der Waals surface area contributed by atoms with Crippen molar-refractivity contribution in [2.45, 2.75) is 86.5 Å². The van der Waals surface area contributed by atoms with Crippen molar-refractivity contribution in [1.82, 2.24) is 0 Å². The van der Waals surface area contributed by atoms with E-state index in [1.807, 2.05) is 20.8 Å². The number of ketones is 2. The standard InChI is InChI=1S/C16H28O2.C2H6/c1-5-7-8-9-15(18)13-11-10-12(14(17)6-2)16(13,3)4;1-2/h12-13H,5-11H2,1-4H3;1-2H3. The van der Waals surface area contributed by atoms with Gasteiger partial charge in [0.25, 0.3) is 0 Å². The van der Waals surface area contributed by atoms with Gasteiger partial charge >= 0.3 is 0 Å². The van der Waals surface area contributed by atoms with Crippen molar-refractivity contribution in [2.75, 3.05) is 0 Å². The molecule has 1 fully saturated rings. The molecule has 0 bridgehead atoms. The van der Waals surface area contributed by atoms with Crippen LogP contribution in [0.1, 0.15) is 86.5 Å². The molecule has 2 atom stereocenters. The third kappa shape index (κ3) is 4.71. The monoisotopic (exact) mass is 282 g/mol. The zero-order valence-corrected chi connectivity index (χ0v) is 14.4. The van der Waals surface area contributed by atoms with E-state index < -0.39 is 0 Å². The van der Waals surface area contributed by atoms with E-state index in [-0.39, 0.29) is 17.3 Å². The lowest BCUT2D eigenvalue weighted by molar-refractivity contribution is -0.129. The third-order valence-electron chi connectivity index (χ3n) is 4.69. The van der Waals surface area contributed by atoms with Crippen LogP contribution in [0.5, 0.6) is 0 Å². The first-order valence-corrected chi connectivity index (χ1v) is 8.50. The molecule has 0 aromatic carbocycles. The predicted molar refractivity (Wildman–Crippen MR) is 85.8 cm³/mol. The number of unbranched alkanes of at least 4 members (excludes halogenated alkanes) is 2. The van der Waals surface area contributed by atoms with Crippen LogP contribution in [0, 0.1) is 17.3 Å². The second kappa shape index (κ2) is 9.31. The lowest BCUT2D eigenvalue weighted by atomic mass is 9.71. The highest BCUT2D eigenvalue weighted by molar-refractivity contribution is 5.86. The number of rotatable bonds is 7. The number of Topliss-reactive ketones (excluding diaryl/α,β-unsaturated/α-hetero) is 2. The lowest BCUT2D eigenvalue weighted by Crippen LogP contribution is -2.34. The lowest BCUT2D eigenvalue weighted by Gasteiger charge is -2.31. The first-order valence-electron chi connectivity index (χ1n) is 8.50. The van der Waals surface area contributed by atoms with Gasteiger partial charge in [-0.25, -0.2) is 0 Å². The summed E-state index contributed by atoms with van der Waals surface area (Å²) in [4.78, 5) is 24.2. The minimum atomic E-state index is -0.129. The molecule has 1 aliphatic carbocycles. The molecule has 118 valence electrons. The number of hydrogen-bond donors (Lipinski definition) is 0. The Bertz CT molecular complexity index is 305. The number of carbonyl (C=O) groups excluding carboxylic acids is 2. The average molecular weight is 282 g/mol. The molecule has 0 radical (unpaired) electrons. The maximum atomic E-state index is 12.3. The fraction of sp³-hybridized carbons (Fsp3) is 0.889. The van der Waals surface area contributed by atoms with E-state index in [9.17, 15) is 9.59 Å². The summed E-state index contributed by atoms with van der Waals surface area (Å²) < 4.78 is 0. The van der Waals surface area contributed by atoms with Crippen molar-refractivity contribution >= 4 is 11.6 Å². The molecule has 0 amide bonds. The molecule has 0 spiro atoms. The van der Waals surface area contributed by atoms with Gasteiger partial charge in [-0.2, -0.15) is 0 Å². The van der Waals surface area contributed by atoms with Crippen molar-refractivity contribution in [3.63, 3.8) is 0 Å². The molecular weight excluding hydrogens is 248 g/mol. The van der Waals surface area contributed by atoms with Crippen LogP contribution in [0.15, 0.2) is 0 Å². The zero-order chi connectivity index (χ0) is 15.8. The first kappa shape index (κ1) is 19.3. The van der Waals surface area contributed by atoms with Gasteiger partial charge in [-0.05, 0) is 24.7 Å². The van der Waals surface area contributed by atoms with Crippen molar-refractivity contribution in [1.29, 1.82) is 0 Å². The van der Waals surface area contributed by atoms with Crippen LogP contribution in [0.4, 0.5) is 0 Å². The van der Waals surface area contributed by atoms with Crippen LogP contribution in [0.2, 0.25) is 0 Å². The van der Waals surface area contributed by atoms with E-state index in [2.05, 4.69) is 20.8 Å².